The van der Waals surface area contributed by atoms with Crippen molar-refractivity contribution in [3.05, 3.63) is 53.6 Å². The maximum Gasteiger partial charge on any atom is 0.240 e. The molecule has 2 atom stereocenters. The first-order chi connectivity index (χ1) is 9.99. The van der Waals surface area contributed by atoms with Crippen molar-refractivity contribution in [2.24, 2.45) is 0 Å². The number of para-hydroxylation sites is 1. The highest BCUT2D eigenvalue weighted by atomic mass is 35.5. The van der Waals surface area contributed by atoms with Crippen molar-refractivity contribution in [2.75, 3.05) is 11.1 Å². The van der Waals surface area contributed by atoms with Gasteiger partial charge in [-0.05, 0) is 37.3 Å². The van der Waals surface area contributed by atoms with Gasteiger partial charge in [-0.2, -0.15) is 0 Å². The summed E-state index contributed by atoms with van der Waals surface area (Å²) < 4.78 is 12.4. The van der Waals surface area contributed by atoms with Crippen LogP contribution in [0.25, 0.3) is 0 Å². The zero-order chi connectivity index (χ0) is 15.4. The Labute approximate surface area is 130 Å². The number of benzene rings is 2. The molecule has 0 bridgehead atoms. The molecule has 0 aromatic heterocycles. The van der Waals surface area contributed by atoms with Crippen molar-refractivity contribution in [2.45, 2.75) is 17.1 Å². The van der Waals surface area contributed by atoms with Crippen LogP contribution in [0.15, 0.2) is 53.4 Å². The summed E-state index contributed by atoms with van der Waals surface area (Å²) in [5.41, 5.74) is 6.70. The van der Waals surface area contributed by atoms with Crippen LogP contribution in [-0.2, 0) is 15.6 Å². The number of nitrogen functional groups attached to an aromatic ring is 1. The second kappa shape index (κ2) is 6.74. The van der Waals surface area contributed by atoms with Gasteiger partial charge in [0.15, 0.2) is 0 Å². The van der Waals surface area contributed by atoms with Crippen molar-refractivity contribution in [3.63, 3.8) is 0 Å². The molecule has 0 spiro atoms. The Hall–Kier alpha value is -1.85. The summed E-state index contributed by atoms with van der Waals surface area (Å²) in [6, 6.07) is 13.8. The topological polar surface area (TPSA) is 72.2 Å². The van der Waals surface area contributed by atoms with Gasteiger partial charge in [0.05, 0.1) is 21.5 Å². The van der Waals surface area contributed by atoms with E-state index in [0.29, 0.717) is 21.3 Å². The summed E-state index contributed by atoms with van der Waals surface area (Å²) in [6.45, 7) is 1.61. The molecule has 2 rings (SSSR count). The average molecular weight is 323 g/mol. The van der Waals surface area contributed by atoms with Crippen LogP contribution in [0.2, 0.25) is 5.02 Å². The van der Waals surface area contributed by atoms with Crippen molar-refractivity contribution in [1.29, 1.82) is 0 Å². The summed E-state index contributed by atoms with van der Waals surface area (Å²) in [5, 5.41) is 2.35. The van der Waals surface area contributed by atoms with Gasteiger partial charge in [0, 0.05) is 10.6 Å². The fourth-order valence-electron chi connectivity index (χ4n) is 1.70. The molecule has 110 valence electrons. The Balaban J connectivity index is 2.11. The molecule has 0 aliphatic heterocycles. The Morgan fingerprint density at radius 2 is 1.90 bits per heavy atom. The van der Waals surface area contributed by atoms with Gasteiger partial charge >= 0.3 is 0 Å². The summed E-state index contributed by atoms with van der Waals surface area (Å²) in [7, 11) is -1.50. The van der Waals surface area contributed by atoms with E-state index >= 15 is 0 Å². The Morgan fingerprint density at radius 3 is 2.52 bits per heavy atom. The first-order valence-corrected chi connectivity index (χ1v) is 7.89. The minimum Gasteiger partial charge on any atom is -0.398 e. The normalized spacial score (nSPS) is 13.4. The first-order valence-electron chi connectivity index (χ1n) is 6.30. The number of rotatable bonds is 4. The Bertz CT molecular complexity index is 677. The molecular formula is C15H15ClN2O2S. The molecule has 0 heterocycles. The third-order valence-electron chi connectivity index (χ3n) is 2.94. The fraction of sp³-hybridized carbons (Fsp3) is 0.133. The molecule has 0 aliphatic rings. The number of amides is 1. The van der Waals surface area contributed by atoms with Gasteiger partial charge in [0.2, 0.25) is 5.91 Å². The standard InChI is InChI=1S/C15H15ClN2O2S/c1-10(15(19)18-11-5-3-2-4-6-11)21(20)12-7-8-14(17)13(16)9-12/h2-10H,17H2,1H3,(H,18,19). The average Bonchev–Trinajstić information content (AvgIpc) is 2.49. The van der Waals surface area contributed by atoms with Crippen LogP contribution in [-0.4, -0.2) is 15.4 Å². The minimum atomic E-state index is -1.50. The third-order valence-corrected chi connectivity index (χ3v) is 4.84. The van der Waals surface area contributed by atoms with E-state index < -0.39 is 16.0 Å². The molecule has 0 fully saturated rings. The SMILES string of the molecule is CC(C(=O)Nc1ccccc1)S(=O)c1ccc(N)c(Cl)c1. The van der Waals surface area contributed by atoms with Gasteiger partial charge in [0.1, 0.15) is 5.25 Å². The molecule has 2 unspecified atom stereocenters. The Morgan fingerprint density at radius 1 is 1.24 bits per heavy atom. The molecular weight excluding hydrogens is 308 g/mol. The summed E-state index contributed by atoms with van der Waals surface area (Å²) >= 11 is 5.91. The number of carbonyl (C=O) groups is 1. The lowest BCUT2D eigenvalue weighted by Gasteiger charge is -2.12. The van der Waals surface area contributed by atoms with E-state index in [1.165, 1.54) is 6.07 Å². The molecule has 21 heavy (non-hydrogen) atoms. The van der Waals surface area contributed by atoms with Crippen LogP contribution < -0.4 is 11.1 Å². The second-order valence-electron chi connectivity index (χ2n) is 4.48. The fourth-order valence-corrected chi connectivity index (χ4v) is 3.04. The summed E-state index contributed by atoms with van der Waals surface area (Å²) in [5.74, 6) is -0.313. The number of nitrogens with two attached hydrogens (primary N) is 1. The van der Waals surface area contributed by atoms with Crippen LogP contribution in [0.1, 0.15) is 6.92 Å². The maximum atomic E-state index is 12.4. The molecule has 0 radical (unpaired) electrons. The molecule has 1 amide bonds. The van der Waals surface area contributed by atoms with Crippen LogP contribution in [0.5, 0.6) is 0 Å². The smallest absolute Gasteiger partial charge is 0.240 e. The van der Waals surface area contributed by atoms with E-state index in [-0.39, 0.29) is 5.91 Å². The van der Waals surface area contributed by atoms with Gasteiger partial charge in [-0.25, -0.2) is 0 Å². The predicted molar refractivity (Wildman–Crippen MR) is 86.8 cm³/mol. The predicted octanol–water partition coefficient (Wildman–Crippen LogP) is 3.06. The van der Waals surface area contributed by atoms with E-state index in [2.05, 4.69) is 5.32 Å². The number of hydrogen-bond donors (Lipinski definition) is 2. The molecule has 0 aliphatic carbocycles. The lowest BCUT2D eigenvalue weighted by Crippen LogP contribution is -2.29. The largest absolute Gasteiger partial charge is 0.398 e. The van der Waals surface area contributed by atoms with E-state index in [1.807, 2.05) is 18.2 Å². The van der Waals surface area contributed by atoms with Gasteiger partial charge in [-0.1, -0.05) is 29.8 Å². The van der Waals surface area contributed by atoms with E-state index in [1.54, 1.807) is 31.2 Å². The van der Waals surface area contributed by atoms with Gasteiger partial charge in [-0.15, -0.1) is 0 Å². The van der Waals surface area contributed by atoms with Crippen molar-refractivity contribution >= 4 is 39.7 Å². The highest BCUT2D eigenvalue weighted by molar-refractivity contribution is 7.86. The minimum absolute atomic E-state index is 0.313. The lowest BCUT2D eigenvalue weighted by atomic mass is 10.3. The Kier molecular flexibility index (Phi) is 4.98. The highest BCUT2D eigenvalue weighted by Gasteiger charge is 2.22. The van der Waals surface area contributed by atoms with Gasteiger partial charge in [0.25, 0.3) is 0 Å². The zero-order valence-electron chi connectivity index (χ0n) is 11.4. The van der Waals surface area contributed by atoms with Crippen molar-refractivity contribution in [1.82, 2.24) is 0 Å². The zero-order valence-corrected chi connectivity index (χ0v) is 12.9. The number of halogens is 1. The number of nitrogens with one attached hydrogen (secondary N) is 1. The molecule has 0 saturated carbocycles. The molecule has 3 N–H and O–H groups in total. The van der Waals surface area contributed by atoms with E-state index in [9.17, 15) is 9.00 Å². The molecule has 2 aromatic carbocycles. The maximum absolute atomic E-state index is 12.4. The monoisotopic (exact) mass is 322 g/mol. The van der Waals surface area contributed by atoms with Gasteiger partial charge in [-0.3, -0.25) is 9.00 Å². The number of carbonyl (C=O) groups excluding carboxylic acids is 1. The van der Waals surface area contributed by atoms with Crippen molar-refractivity contribution in [3.8, 4) is 0 Å². The van der Waals surface area contributed by atoms with E-state index in [4.69, 9.17) is 17.3 Å². The number of anilines is 2. The molecule has 4 nitrogen and oxygen atoms in total. The highest BCUT2D eigenvalue weighted by Crippen LogP contribution is 2.23. The number of hydrogen-bond acceptors (Lipinski definition) is 3. The molecule has 0 saturated heterocycles. The quantitative estimate of drug-likeness (QED) is 0.850. The van der Waals surface area contributed by atoms with Crippen molar-refractivity contribution < 1.29 is 9.00 Å². The van der Waals surface area contributed by atoms with Crippen LogP contribution >= 0.6 is 11.6 Å². The molecule has 6 heteroatoms. The van der Waals surface area contributed by atoms with Crippen LogP contribution in [0, 0.1) is 0 Å². The van der Waals surface area contributed by atoms with Gasteiger partial charge < -0.3 is 11.1 Å². The van der Waals surface area contributed by atoms with E-state index in [0.717, 1.165) is 0 Å². The molecule has 2 aromatic rings. The second-order valence-corrected chi connectivity index (χ2v) is 6.66. The third kappa shape index (κ3) is 3.83. The summed E-state index contributed by atoms with van der Waals surface area (Å²) in [4.78, 5) is 12.6. The lowest BCUT2D eigenvalue weighted by molar-refractivity contribution is -0.115. The van der Waals surface area contributed by atoms with Crippen LogP contribution in [0.3, 0.4) is 0 Å². The summed E-state index contributed by atoms with van der Waals surface area (Å²) in [6.07, 6.45) is 0. The first kappa shape index (κ1) is 15.5. The van der Waals surface area contributed by atoms with Crippen LogP contribution in [0.4, 0.5) is 11.4 Å².